The highest BCUT2D eigenvalue weighted by molar-refractivity contribution is 9.10. The van der Waals surface area contributed by atoms with Crippen molar-refractivity contribution in [1.29, 1.82) is 0 Å². The third-order valence-electron chi connectivity index (χ3n) is 2.79. The van der Waals surface area contributed by atoms with Gasteiger partial charge in [-0.05, 0) is 28.1 Å². The molecule has 0 amide bonds. The maximum absolute atomic E-state index is 13.5. The molecule has 2 N–H and O–H groups in total. The Kier molecular flexibility index (Phi) is 3.40. The van der Waals surface area contributed by atoms with E-state index in [-0.39, 0.29) is 0 Å². The lowest BCUT2D eigenvalue weighted by atomic mass is 10.2. The molecule has 0 saturated heterocycles. The average molecular weight is 340 g/mol. The molecule has 0 aliphatic carbocycles. The van der Waals surface area contributed by atoms with Gasteiger partial charge in [0.05, 0.1) is 10.2 Å². The van der Waals surface area contributed by atoms with E-state index in [9.17, 15) is 4.39 Å². The molecule has 0 fully saturated rings. The summed E-state index contributed by atoms with van der Waals surface area (Å²) in [6.45, 7) is 0.966. The number of rotatable bonds is 2. The highest BCUT2D eigenvalue weighted by Crippen LogP contribution is 2.40. The van der Waals surface area contributed by atoms with Gasteiger partial charge in [0.25, 0.3) is 0 Å². The van der Waals surface area contributed by atoms with E-state index in [1.54, 1.807) is 24.3 Å². The number of nitrogen functional groups attached to an aromatic ring is 1. The molecule has 0 aromatic heterocycles. The number of halogens is 2. The van der Waals surface area contributed by atoms with E-state index >= 15 is 0 Å². The van der Waals surface area contributed by atoms with Crippen LogP contribution >= 0.6 is 15.9 Å². The van der Waals surface area contributed by atoms with Crippen molar-refractivity contribution in [3.63, 3.8) is 0 Å². The maximum atomic E-state index is 13.5. The van der Waals surface area contributed by atoms with E-state index in [2.05, 4.69) is 15.9 Å². The quantitative estimate of drug-likeness (QED) is 0.847. The van der Waals surface area contributed by atoms with Gasteiger partial charge in [-0.15, -0.1) is 0 Å². The number of anilines is 1. The first-order valence-corrected chi connectivity index (χ1v) is 6.75. The number of ether oxygens (including phenoxy) is 3. The molecule has 20 heavy (non-hydrogen) atoms. The summed E-state index contributed by atoms with van der Waals surface area (Å²) in [5.41, 5.74) is 6.30. The normalized spacial score (nSPS) is 13.1. The predicted octanol–water partition coefficient (Wildman–Crippen LogP) is 3.73. The van der Waals surface area contributed by atoms with Crippen molar-refractivity contribution in [2.45, 2.75) is 0 Å². The van der Waals surface area contributed by atoms with Crippen molar-refractivity contribution in [3.8, 4) is 23.0 Å². The summed E-state index contributed by atoms with van der Waals surface area (Å²) in [7, 11) is 0. The summed E-state index contributed by atoms with van der Waals surface area (Å²) in [6.07, 6.45) is 0. The summed E-state index contributed by atoms with van der Waals surface area (Å²) in [5, 5.41) is 0. The van der Waals surface area contributed by atoms with Crippen molar-refractivity contribution < 1.29 is 18.6 Å². The monoisotopic (exact) mass is 339 g/mol. The van der Waals surface area contributed by atoms with Crippen LogP contribution in [0.2, 0.25) is 0 Å². The molecule has 1 aliphatic heterocycles. The molecule has 0 bridgehead atoms. The zero-order valence-electron chi connectivity index (χ0n) is 10.4. The summed E-state index contributed by atoms with van der Waals surface area (Å²) in [6, 6.07) is 7.77. The van der Waals surface area contributed by atoms with Gasteiger partial charge in [-0.25, -0.2) is 4.39 Å². The lowest BCUT2D eigenvalue weighted by Gasteiger charge is -2.20. The van der Waals surface area contributed by atoms with Crippen molar-refractivity contribution in [1.82, 2.24) is 0 Å². The Bertz CT molecular complexity index is 663. The minimum Gasteiger partial charge on any atom is -0.486 e. The van der Waals surface area contributed by atoms with E-state index in [0.29, 0.717) is 46.4 Å². The Balaban J connectivity index is 1.92. The fourth-order valence-corrected chi connectivity index (χ4v) is 2.09. The Labute approximate surface area is 123 Å². The molecule has 1 heterocycles. The minimum atomic E-state index is -0.404. The Morgan fingerprint density at radius 1 is 1.10 bits per heavy atom. The van der Waals surface area contributed by atoms with E-state index < -0.39 is 5.82 Å². The van der Waals surface area contributed by atoms with Crippen LogP contribution in [0.5, 0.6) is 23.0 Å². The first-order valence-electron chi connectivity index (χ1n) is 5.95. The highest BCUT2D eigenvalue weighted by Gasteiger charge is 2.16. The second-order valence-corrected chi connectivity index (χ2v) is 5.07. The number of hydrogen-bond acceptors (Lipinski definition) is 4. The van der Waals surface area contributed by atoms with Crippen LogP contribution in [0.3, 0.4) is 0 Å². The van der Waals surface area contributed by atoms with Crippen LogP contribution in [0.15, 0.2) is 34.8 Å². The Hall–Kier alpha value is -1.95. The Morgan fingerprint density at radius 3 is 2.50 bits per heavy atom. The molecule has 6 heteroatoms. The molecule has 0 radical (unpaired) electrons. The largest absolute Gasteiger partial charge is 0.486 e. The molecule has 4 nitrogen and oxygen atoms in total. The molecular formula is C14H11BrFNO3. The van der Waals surface area contributed by atoms with Gasteiger partial charge >= 0.3 is 0 Å². The lowest BCUT2D eigenvalue weighted by Crippen LogP contribution is -2.15. The zero-order valence-corrected chi connectivity index (χ0v) is 11.9. The molecule has 3 rings (SSSR count). The van der Waals surface area contributed by atoms with E-state index in [1.165, 1.54) is 6.07 Å². The topological polar surface area (TPSA) is 53.7 Å². The van der Waals surface area contributed by atoms with Crippen LogP contribution in [-0.4, -0.2) is 13.2 Å². The van der Waals surface area contributed by atoms with Crippen LogP contribution in [0.4, 0.5) is 10.1 Å². The zero-order chi connectivity index (χ0) is 14.1. The fourth-order valence-electron chi connectivity index (χ4n) is 1.84. The summed E-state index contributed by atoms with van der Waals surface area (Å²) < 4.78 is 30.3. The standard InChI is InChI=1S/C14H11BrFNO3/c15-9-2-1-8(5-10(9)16)20-12-7-14-13(6-11(12)17)18-3-4-19-14/h1-2,5-7H,3-4,17H2. The number of nitrogens with two attached hydrogens (primary N) is 1. The summed E-state index contributed by atoms with van der Waals surface area (Å²) in [5.74, 6) is 1.50. The van der Waals surface area contributed by atoms with Gasteiger partial charge in [-0.1, -0.05) is 0 Å². The van der Waals surface area contributed by atoms with Crippen LogP contribution in [0.1, 0.15) is 0 Å². The predicted molar refractivity (Wildman–Crippen MR) is 76.0 cm³/mol. The number of benzene rings is 2. The van der Waals surface area contributed by atoms with Gasteiger partial charge in [-0.3, -0.25) is 0 Å². The minimum absolute atomic E-state index is 0.356. The van der Waals surface area contributed by atoms with Gasteiger partial charge in [0.1, 0.15) is 24.8 Å². The SMILES string of the molecule is Nc1cc2c(cc1Oc1ccc(Br)c(F)c1)OCCO2. The van der Waals surface area contributed by atoms with E-state index in [4.69, 9.17) is 19.9 Å². The first kappa shape index (κ1) is 13.1. The van der Waals surface area contributed by atoms with Gasteiger partial charge in [0.15, 0.2) is 17.2 Å². The maximum Gasteiger partial charge on any atom is 0.165 e. The molecule has 2 aromatic carbocycles. The third kappa shape index (κ3) is 2.51. The third-order valence-corrected chi connectivity index (χ3v) is 3.44. The molecule has 0 atom stereocenters. The number of fused-ring (bicyclic) bond motifs is 1. The molecule has 0 spiro atoms. The summed E-state index contributed by atoms with van der Waals surface area (Å²) >= 11 is 3.09. The average Bonchev–Trinajstić information content (AvgIpc) is 2.44. The van der Waals surface area contributed by atoms with Crippen molar-refractivity contribution in [3.05, 3.63) is 40.6 Å². The van der Waals surface area contributed by atoms with Gasteiger partial charge < -0.3 is 19.9 Å². The van der Waals surface area contributed by atoms with Gasteiger partial charge in [-0.2, -0.15) is 0 Å². The van der Waals surface area contributed by atoms with Crippen LogP contribution in [0.25, 0.3) is 0 Å². The Morgan fingerprint density at radius 2 is 1.80 bits per heavy atom. The first-order chi connectivity index (χ1) is 9.63. The van der Waals surface area contributed by atoms with Gasteiger partial charge in [0.2, 0.25) is 0 Å². The fraction of sp³-hybridized carbons (Fsp3) is 0.143. The summed E-state index contributed by atoms with van der Waals surface area (Å²) in [4.78, 5) is 0. The molecular weight excluding hydrogens is 329 g/mol. The van der Waals surface area contributed by atoms with Crippen molar-refractivity contribution >= 4 is 21.6 Å². The molecule has 1 aliphatic rings. The van der Waals surface area contributed by atoms with E-state index in [1.807, 2.05) is 0 Å². The van der Waals surface area contributed by atoms with Crippen LogP contribution in [0, 0.1) is 5.82 Å². The lowest BCUT2D eigenvalue weighted by molar-refractivity contribution is 0.171. The van der Waals surface area contributed by atoms with Crippen molar-refractivity contribution in [2.24, 2.45) is 0 Å². The molecule has 0 unspecified atom stereocenters. The van der Waals surface area contributed by atoms with Crippen LogP contribution in [-0.2, 0) is 0 Å². The van der Waals surface area contributed by atoms with E-state index in [0.717, 1.165) is 0 Å². The van der Waals surface area contributed by atoms with Gasteiger partial charge in [0, 0.05) is 18.2 Å². The van der Waals surface area contributed by atoms with Crippen molar-refractivity contribution in [2.75, 3.05) is 18.9 Å². The highest BCUT2D eigenvalue weighted by atomic mass is 79.9. The second-order valence-electron chi connectivity index (χ2n) is 4.21. The molecule has 0 saturated carbocycles. The molecule has 104 valence electrons. The van der Waals surface area contributed by atoms with Crippen LogP contribution < -0.4 is 19.9 Å². The second kappa shape index (κ2) is 5.20. The number of hydrogen-bond donors (Lipinski definition) is 1. The molecule has 2 aromatic rings. The smallest absolute Gasteiger partial charge is 0.165 e.